The van der Waals surface area contributed by atoms with Gasteiger partial charge >= 0.3 is 5.97 Å². The van der Waals surface area contributed by atoms with Gasteiger partial charge in [0.05, 0.1) is 16.6 Å². The van der Waals surface area contributed by atoms with E-state index in [4.69, 9.17) is 4.98 Å². The molecule has 1 aliphatic rings. The van der Waals surface area contributed by atoms with Crippen LogP contribution >= 0.6 is 0 Å². The van der Waals surface area contributed by atoms with Gasteiger partial charge in [-0.2, -0.15) is 0 Å². The van der Waals surface area contributed by atoms with Gasteiger partial charge in [-0.25, -0.2) is 9.78 Å². The van der Waals surface area contributed by atoms with Crippen molar-refractivity contribution in [3.8, 4) is 11.4 Å². The highest BCUT2D eigenvalue weighted by Gasteiger charge is 2.23. The number of aromatic nitrogens is 3. The molecule has 1 aliphatic carbocycles. The Bertz CT molecular complexity index is 1240. The minimum atomic E-state index is -0.923. The minimum absolute atomic E-state index is 0.274. The Balaban J connectivity index is 1.72. The van der Waals surface area contributed by atoms with Crippen LogP contribution in [0.15, 0.2) is 48.7 Å². The Kier molecular flexibility index (Phi) is 4.31. The summed E-state index contributed by atoms with van der Waals surface area (Å²) < 4.78 is 2.34. The molecule has 0 unspecified atom stereocenters. The zero-order chi connectivity index (χ0) is 20.0. The van der Waals surface area contributed by atoms with Gasteiger partial charge in [0.25, 0.3) is 0 Å². The third-order valence-electron chi connectivity index (χ3n) is 5.99. The van der Waals surface area contributed by atoms with Crippen molar-refractivity contribution < 1.29 is 9.90 Å². The van der Waals surface area contributed by atoms with Crippen LogP contribution in [0, 0.1) is 6.92 Å². The summed E-state index contributed by atoms with van der Waals surface area (Å²) in [6.45, 7) is 2.00. The molecule has 5 heteroatoms. The summed E-state index contributed by atoms with van der Waals surface area (Å²) in [6.07, 6.45) is 7.89. The second-order valence-corrected chi connectivity index (χ2v) is 7.99. The normalized spacial score (nSPS) is 15.2. The van der Waals surface area contributed by atoms with Crippen molar-refractivity contribution >= 4 is 27.8 Å². The zero-order valence-electron chi connectivity index (χ0n) is 16.4. The van der Waals surface area contributed by atoms with Gasteiger partial charge < -0.3 is 9.67 Å². The average Bonchev–Trinajstić information content (AvgIpc) is 3.12. The lowest BCUT2D eigenvalue weighted by Crippen LogP contribution is -2.14. The molecule has 2 heterocycles. The molecule has 1 fully saturated rings. The fraction of sp³-hybridized carbons (Fsp3) is 0.292. The van der Waals surface area contributed by atoms with E-state index in [1.165, 1.54) is 19.3 Å². The average molecular weight is 385 g/mol. The van der Waals surface area contributed by atoms with E-state index in [9.17, 15) is 9.90 Å². The Morgan fingerprint density at radius 3 is 2.66 bits per heavy atom. The van der Waals surface area contributed by atoms with Crippen LogP contribution in [0.3, 0.4) is 0 Å². The molecule has 0 spiro atoms. The molecule has 0 amide bonds. The summed E-state index contributed by atoms with van der Waals surface area (Å²) in [5.74, 6) is -0.00951. The highest BCUT2D eigenvalue weighted by Crippen LogP contribution is 2.36. The third kappa shape index (κ3) is 3.16. The number of benzene rings is 2. The number of carboxylic acid groups (broad SMARTS) is 1. The summed E-state index contributed by atoms with van der Waals surface area (Å²) in [7, 11) is 0. The largest absolute Gasteiger partial charge is 0.478 e. The van der Waals surface area contributed by atoms with Crippen LogP contribution < -0.4 is 0 Å². The van der Waals surface area contributed by atoms with E-state index < -0.39 is 5.97 Å². The van der Waals surface area contributed by atoms with Crippen LogP contribution in [-0.4, -0.2) is 25.6 Å². The molecular weight excluding hydrogens is 362 g/mol. The van der Waals surface area contributed by atoms with Crippen molar-refractivity contribution in [2.75, 3.05) is 0 Å². The van der Waals surface area contributed by atoms with E-state index in [0.717, 1.165) is 51.7 Å². The van der Waals surface area contributed by atoms with E-state index in [-0.39, 0.29) is 5.56 Å². The number of hydrogen-bond acceptors (Lipinski definition) is 3. The van der Waals surface area contributed by atoms with Crippen LogP contribution in [0.4, 0.5) is 0 Å². The Hall–Kier alpha value is -3.21. The first-order valence-electron chi connectivity index (χ1n) is 10.2. The van der Waals surface area contributed by atoms with Gasteiger partial charge in [0.2, 0.25) is 0 Å². The Labute approximate surface area is 169 Å². The maximum Gasteiger partial charge on any atom is 0.335 e. The molecule has 2 aromatic heterocycles. The van der Waals surface area contributed by atoms with Crippen LogP contribution in [0.25, 0.3) is 33.2 Å². The van der Waals surface area contributed by atoms with Crippen molar-refractivity contribution in [1.82, 2.24) is 14.5 Å². The number of rotatable bonds is 3. The van der Waals surface area contributed by atoms with Gasteiger partial charge in [-0.3, -0.25) is 4.98 Å². The third-order valence-corrected chi connectivity index (χ3v) is 5.99. The standard InChI is InChI=1S/C24H23N3O2/c1-15-11-16-7-8-17(12-19(16)14-25-15)23-26-21-13-18(24(28)29)9-10-22(21)27(23)20-5-3-2-4-6-20/h7-14,20H,2-6H2,1H3,(H,28,29). The van der Waals surface area contributed by atoms with E-state index in [1.54, 1.807) is 12.1 Å². The number of carboxylic acids is 1. The summed E-state index contributed by atoms with van der Waals surface area (Å²) in [5.41, 5.74) is 4.07. The summed E-state index contributed by atoms with van der Waals surface area (Å²) in [4.78, 5) is 20.8. The summed E-state index contributed by atoms with van der Waals surface area (Å²) in [6, 6.07) is 14.1. The molecule has 5 rings (SSSR count). The summed E-state index contributed by atoms with van der Waals surface area (Å²) in [5, 5.41) is 11.6. The van der Waals surface area contributed by atoms with Gasteiger partial charge in [0.15, 0.2) is 0 Å². The molecule has 0 bridgehead atoms. The molecule has 29 heavy (non-hydrogen) atoms. The number of fused-ring (bicyclic) bond motifs is 2. The second kappa shape index (κ2) is 6.99. The highest BCUT2D eigenvalue weighted by atomic mass is 16.4. The monoisotopic (exact) mass is 385 g/mol. The molecule has 1 N–H and O–H groups in total. The topological polar surface area (TPSA) is 68.0 Å². The van der Waals surface area contributed by atoms with Crippen molar-refractivity contribution in [3.63, 3.8) is 0 Å². The van der Waals surface area contributed by atoms with Crippen molar-refractivity contribution in [1.29, 1.82) is 0 Å². The zero-order valence-corrected chi connectivity index (χ0v) is 16.4. The van der Waals surface area contributed by atoms with Crippen LogP contribution in [0.1, 0.15) is 54.2 Å². The van der Waals surface area contributed by atoms with Crippen LogP contribution in [0.2, 0.25) is 0 Å². The summed E-state index contributed by atoms with van der Waals surface area (Å²) >= 11 is 0. The highest BCUT2D eigenvalue weighted by molar-refractivity contribution is 5.94. The predicted molar refractivity (Wildman–Crippen MR) is 114 cm³/mol. The first-order valence-corrected chi connectivity index (χ1v) is 10.2. The predicted octanol–water partition coefficient (Wildman–Crippen LogP) is 5.76. The van der Waals surface area contributed by atoms with E-state index >= 15 is 0 Å². The molecule has 0 aliphatic heterocycles. The molecule has 4 aromatic rings. The van der Waals surface area contributed by atoms with E-state index in [0.29, 0.717) is 6.04 Å². The molecule has 146 valence electrons. The van der Waals surface area contributed by atoms with E-state index in [2.05, 4.69) is 33.8 Å². The number of aryl methyl sites for hydroxylation is 1. The van der Waals surface area contributed by atoms with Gasteiger partial charge in [-0.05, 0) is 55.5 Å². The first kappa shape index (κ1) is 17.9. The van der Waals surface area contributed by atoms with Gasteiger partial charge in [-0.1, -0.05) is 31.4 Å². The van der Waals surface area contributed by atoms with Gasteiger partial charge in [0, 0.05) is 28.9 Å². The fourth-order valence-corrected chi connectivity index (χ4v) is 4.54. The maximum atomic E-state index is 11.4. The lowest BCUT2D eigenvalue weighted by atomic mass is 9.94. The molecule has 1 saturated carbocycles. The van der Waals surface area contributed by atoms with Gasteiger partial charge in [-0.15, -0.1) is 0 Å². The van der Waals surface area contributed by atoms with Crippen molar-refractivity contribution in [3.05, 3.63) is 59.9 Å². The second-order valence-electron chi connectivity index (χ2n) is 7.99. The lowest BCUT2D eigenvalue weighted by molar-refractivity contribution is 0.0697. The molecular formula is C24H23N3O2. The SMILES string of the molecule is Cc1cc2ccc(-c3nc4cc(C(=O)O)ccc4n3C3CCCCC3)cc2cn1. The molecule has 5 nitrogen and oxygen atoms in total. The lowest BCUT2D eigenvalue weighted by Gasteiger charge is -2.25. The number of imidazole rings is 1. The van der Waals surface area contributed by atoms with Crippen LogP contribution in [-0.2, 0) is 0 Å². The quantitative estimate of drug-likeness (QED) is 0.486. The molecule has 0 saturated heterocycles. The number of nitrogens with zero attached hydrogens (tertiary/aromatic N) is 3. The molecule has 2 aromatic carbocycles. The van der Waals surface area contributed by atoms with Crippen molar-refractivity contribution in [2.24, 2.45) is 0 Å². The number of pyridine rings is 1. The maximum absolute atomic E-state index is 11.4. The first-order chi connectivity index (χ1) is 14.1. The fourth-order valence-electron chi connectivity index (χ4n) is 4.54. The molecule has 0 atom stereocenters. The minimum Gasteiger partial charge on any atom is -0.478 e. The van der Waals surface area contributed by atoms with E-state index in [1.807, 2.05) is 19.2 Å². The van der Waals surface area contributed by atoms with Gasteiger partial charge in [0.1, 0.15) is 5.82 Å². The number of carbonyl (C=O) groups is 1. The van der Waals surface area contributed by atoms with Crippen LogP contribution in [0.5, 0.6) is 0 Å². The number of hydrogen-bond donors (Lipinski definition) is 1. The number of aromatic carboxylic acids is 1. The Morgan fingerprint density at radius 2 is 1.86 bits per heavy atom. The van der Waals surface area contributed by atoms with Crippen molar-refractivity contribution in [2.45, 2.75) is 45.1 Å². The Morgan fingerprint density at radius 1 is 1.03 bits per heavy atom. The molecule has 0 radical (unpaired) electrons. The smallest absolute Gasteiger partial charge is 0.335 e.